The van der Waals surface area contributed by atoms with Crippen LogP contribution < -0.4 is 16.4 Å². The van der Waals surface area contributed by atoms with Gasteiger partial charge in [-0.25, -0.2) is 0 Å². The Hall–Kier alpha value is -2.16. The number of carbonyl (C=O) groups excluding carboxylic acids is 2. The molecule has 9 heteroatoms. The highest BCUT2D eigenvalue weighted by molar-refractivity contribution is 7.09. The summed E-state index contributed by atoms with van der Waals surface area (Å²) in [5.41, 5.74) is 6.81. The van der Waals surface area contributed by atoms with Crippen LogP contribution in [0, 0.1) is 0 Å². The molecule has 0 radical (unpaired) electrons. The minimum absolute atomic E-state index is 0.0408. The molecular weight excluding hydrogens is 364 g/mol. The maximum absolute atomic E-state index is 12.2. The summed E-state index contributed by atoms with van der Waals surface area (Å²) in [7, 11) is 1.59. The Kier molecular flexibility index (Phi) is 7.17. The summed E-state index contributed by atoms with van der Waals surface area (Å²) in [6.45, 7) is 1.25. The van der Waals surface area contributed by atoms with Gasteiger partial charge in [-0.3, -0.25) is 9.59 Å². The van der Waals surface area contributed by atoms with Gasteiger partial charge in [-0.05, 0) is 29.6 Å². The smallest absolute Gasteiger partial charge is 0.273 e. The number of hydrogen-bond donors (Lipinski definition) is 3. The fourth-order valence-corrected chi connectivity index (χ4v) is 2.94. The second-order valence-corrected chi connectivity index (χ2v) is 6.33. The summed E-state index contributed by atoms with van der Waals surface area (Å²) >= 11 is 6.95. The lowest BCUT2D eigenvalue weighted by Gasteiger charge is -2.06. The molecule has 0 atom stereocenters. The summed E-state index contributed by atoms with van der Waals surface area (Å²) in [6.07, 6.45) is 0.687. The van der Waals surface area contributed by atoms with E-state index in [1.807, 2.05) is 18.2 Å². The van der Waals surface area contributed by atoms with Crippen molar-refractivity contribution in [2.24, 2.45) is 0 Å². The number of methoxy groups -OCH3 is 1. The van der Waals surface area contributed by atoms with Crippen LogP contribution in [0.3, 0.4) is 0 Å². The van der Waals surface area contributed by atoms with Crippen LogP contribution in [0.5, 0.6) is 0 Å². The number of ether oxygens (including phenoxy) is 1. The van der Waals surface area contributed by atoms with E-state index in [-0.39, 0.29) is 28.7 Å². The molecule has 7 nitrogen and oxygen atoms in total. The SMILES string of the molecule is COCCCNC(=O)c1snc(C(=O)NCc2ccccc2Cl)c1N. The lowest BCUT2D eigenvalue weighted by molar-refractivity contribution is 0.0946. The number of nitrogens with zero attached hydrogens (tertiary/aromatic N) is 1. The first-order valence-electron chi connectivity index (χ1n) is 7.58. The Morgan fingerprint density at radius 1 is 1.28 bits per heavy atom. The number of nitrogens with two attached hydrogens (primary N) is 1. The molecule has 0 aliphatic carbocycles. The molecule has 0 saturated heterocycles. The van der Waals surface area contributed by atoms with Crippen molar-refractivity contribution in [1.82, 2.24) is 15.0 Å². The molecule has 2 amide bonds. The van der Waals surface area contributed by atoms with Crippen molar-refractivity contribution in [3.63, 3.8) is 0 Å². The highest BCUT2D eigenvalue weighted by Crippen LogP contribution is 2.22. The topological polar surface area (TPSA) is 106 Å². The first-order valence-corrected chi connectivity index (χ1v) is 8.73. The number of benzene rings is 1. The van der Waals surface area contributed by atoms with Crippen LogP contribution in [0.15, 0.2) is 24.3 Å². The molecule has 1 heterocycles. The van der Waals surface area contributed by atoms with E-state index in [4.69, 9.17) is 22.1 Å². The van der Waals surface area contributed by atoms with Crippen LogP contribution in [0.2, 0.25) is 5.02 Å². The van der Waals surface area contributed by atoms with E-state index in [1.54, 1.807) is 13.2 Å². The average Bonchev–Trinajstić information content (AvgIpc) is 2.99. The Labute approximate surface area is 154 Å². The fraction of sp³-hybridized carbons (Fsp3) is 0.312. The van der Waals surface area contributed by atoms with Gasteiger partial charge in [0.05, 0.1) is 5.69 Å². The number of anilines is 1. The molecule has 0 aliphatic rings. The third-order valence-corrected chi connectivity index (χ3v) is 4.59. The number of halogens is 1. The number of hydrogen-bond acceptors (Lipinski definition) is 6. The first-order chi connectivity index (χ1) is 12.0. The minimum Gasteiger partial charge on any atom is -0.395 e. The van der Waals surface area contributed by atoms with Crippen LogP contribution in [0.1, 0.15) is 32.1 Å². The third kappa shape index (κ3) is 5.15. The molecule has 2 rings (SSSR count). The van der Waals surface area contributed by atoms with Crippen molar-refractivity contribution in [3.05, 3.63) is 45.4 Å². The zero-order valence-corrected chi connectivity index (χ0v) is 15.2. The molecule has 0 saturated carbocycles. The quantitative estimate of drug-likeness (QED) is 0.606. The number of aromatic nitrogens is 1. The van der Waals surface area contributed by atoms with Crippen LogP contribution in [-0.2, 0) is 11.3 Å². The Morgan fingerprint density at radius 3 is 2.76 bits per heavy atom. The molecule has 0 spiro atoms. The number of carbonyl (C=O) groups is 2. The molecule has 1 aromatic carbocycles. The van der Waals surface area contributed by atoms with Crippen LogP contribution in [0.25, 0.3) is 0 Å². The molecule has 0 unspecified atom stereocenters. The average molecular weight is 383 g/mol. The molecule has 134 valence electrons. The molecule has 0 fully saturated rings. The standard InChI is InChI=1S/C16H19ClN4O3S/c1-24-8-4-7-19-16(23)14-12(18)13(21-25-14)15(22)20-9-10-5-2-3-6-11(10)17/h2-3,5-6H,4,7-9,18H2,1H3,(H,19,23)(H,20,22). The molecular formula is C16H19ClN4O3S. The molecule has 2 aromatic rings. The summed E-state index contributed by atoms with van der Waals surface area (Å²) < 4.78 is 8.91. The molecule has 0 bridgehead atoms. The fourth-order valence-electron chi connectivity index (χ4n) is 2.02. The summed E-state index contributed by atoms with van der Waals surface area (Å²) in [4.78, 5) is 24.5. The highest BCUT2D eigenvalue weighted by Gasteiger charge is 2.21. The van der Waals surface area contributed by atoms with Crippen molar-refractivity contribution in [1.29, 1.82) is 0 Å². The van der Waals surface area contributed by atoms with Crippen LogP contribution >= 0.6 is 23.1 Å². The summed E-state index contributed by atoms with van der Waals surface area (Å²) in [5.74, 6) is -0.802. The Morgan fingerprint density at radius 2 is 2.04 bits per heavy atom. The van der Waals surface area contributed by atoms with E-state index < -0.39 is 5.91 Å². The van der Waals surface area contributed by atoms with Crippen molar-refractivity contribution in [2.45, 2.75) is 13.0 Å². The minimum atomic E-state index is -0.452. The predicted molar refractivity (Wildman–Crippen MR) is 98.0 cm³/mol. The number of nitrogen functional groups attached to an aromatic ring is 1. The monoisotopic (exact) mass is 382 g/mol. The van der Waals surface area contributed by atoms with Crippen molar-refractivity contribution < 1.29 is 14.3 Å². The van der Waals surface area contributed by atoms with Crippen LogP contribution in [0.4, 0.5) is 5.69 Å². The lowest BCUT2D eigenvalue weighted by atomic mass is 10.2. The molecule has 4 N–H and O–H groups in total. The summed E-state index contributed by atoms with van der Waals surface area (Å²) in [6, 6.07) is 7.19. The van der Waals surface area contributed by atoms with Gasteiger partial charge in [0, 0.05) is 31.8 Å². The first kappa shape index (κ1) is 19.2. The van der Waals surface area contributed by atoms with Gasteiger partial charge >= 0.3 is 0 Å². The Bertz CT molecular complexity index is 751. The predicted octanol–water partition coefficient (Wildman–Crippen LogP) is 2.07. The Balaban J connectivity index is 1.96. The zero-order chi connectivity index (χ0) is 18.2. The van der Waals surface area contributed by atoms with Crippen LogP contribution in [-0.4, -0.2) is 36.4 Å². The van der Waals surface area contributed by atoms with Crippen molar-refractivity contribution in [2.75, 3.05) is 26.0 Å². The summed E-state index contributed by atoms with van der Waals surface area (Å²) in [5, 5.41) is 5.98. The highest BCUT2D eigenvalue weighted by atomic mass is 35.5. The van der Waals surface area contributed by atoms with Crippen molar-refractivity contribution in [3.8, 4) is 0 Å². The maximum atomic E-state index is 12.2. The van der Waals surface area contributed by atoms with E-state index in [2.05, 4.69) is 15.0 Å². The third-order valence-electron chi connectivity index (χ3n) is 3.36. The van der Waals surface area contributed by atoms with Gasteiger partial charge in [0.2, 0.25) is 0 Å². The number of rotatable bonds is 8. The van der Waals surface area contributed by atoms with Gasteiger partial charge in [-0.15, -0.1) is 0 Å². The largest absolute Gasteiger partial charge is 0.395 e. The molecule has 0 aliphatic heterocycles. The van der Waals surface area contributed by atoms with Gasteiger partial charge in [-0.1, -0.05) is 29.8 Å². The van der Waals surface area contributed by atoms with Gasteiger partial charge in [0.15, 0.2) is 5.69 Å². The zero-order valence-electron chi connectivity index (χ0n) is 13.7. The maximum Gasteiger partial charge on any atom is 0.273 e. The van der Waals surface area contributed by atoms with E-state index >= 15 is 0 Å². The van der Waals surface area contributed by atoms with Gasteiger partial charge in [0.1, 0.15) is 4.88 Å². The van der Waals surface area contributed by atoms with Gasteiger partial charge < -0.3 is 21.1 Å². The van der Waals surface area contributed by atoms with Gasteiger partial charge in [0.25, 0.3) is 11.8 Å². The normalized spacial score (nSPS) is 10.5. The van der Waals surface area contributed by atoms with E-state index in [0.29, 0.717) is 24.6 Å². The number of nitrogens with one attached hydrogen (secondary N) is 2. The van der Waals surface area contributed by atoms with Gasteiger partial charge in [-0.2, -0.15) is 4.37 Å². The lowest BCUT2D eigenvalue weighted by Crippen LogP contribution is -2.26. The second kappa shape index (κ2) is 9.36. The van der Waals surface area contributed by atoms with E-state index in [1.165, 1.54) is 0 Å². The van der Waals surface area contributed by atoms with E-state index in [0.717, 1.165) is 17.1 Å². The number of amides is 2. The van der Waals surface area contributed by atoms with E-state index in [9.17, 15) is 9.59 Å². The second-order valence-electron chi connectivity index (χ2n) is 5.15. The molecule has 25 heavy (non-hydrogen) atoms. The molecule has 1 aromatic heterocycles. The van der Waals surface area contributed by atoms with Crippen molar-refractivity contribution >= 4 is 40.6 Å².